The molecule has 0 saturated carbocycles. The van der Waals surface area contributed by atoms with Gasteiger partial charge in [0, 0.05) is 6.42 Å². The SMILES string of the molecule is CC(CC(=O)Nc1ncc(C(N)=O)s1)c1ccccc1. The number of anilines is 1. The zero-order valence-electron chi connectivity index (χ0n) is 11.0. The number of thiazole rings is 1. The van der Waals surface area contributed by atoms with Gasteiger partial charge in [0.25, 0.3) is 5.91 Å². The maximum absolute atomic E-state index is 11.9. The van der Waals surface area contributed by atoms with Crippen LogP contribution in [-0.2, 0) is 4.79 Å². The number of carbonyl (C=O) groups excluding carboxylic acids is 2. The summed E-state index contributed by atoms with van der Waals surface area (Å²) in [5.74, 6) is -0.556. The normalized spacial score (nSPS) is 11.8. The molecule has 0 aliphatic rings. The van der Waals surface area contributed by atoms with Crippen molar-refractivity contribution in [3.63, 3.8) is 0 Å². The van der Waals surface area contributed by atoms with Gasteiger partial charge in [0.1, 0.15) is 4.88 Å². The Balaban J connectivity index is 1.93. The van der Waals surface area contributed by atoms with Crippen LogP contribution in [0.4, 0.5) is 5.13 Å². The van der Waals surface area contributed by atoms with Gasteiger partial charge in [-0.25, -0.2) is 4.98 Å². The van der Waals surface area contributed by atoms with E-state index in [2.05, 4.69) is 10.3 Å². The van der Waals surface area contributed by atoms with Crippen LogP contribution in [0, 0.1) is 0 Å². The third-order valence-corrected chi connectivity index (χ3v) is 3.78. The summed E-state index contributed by atoms with van der Waals surface area (Å²) >= 11 is 1.07. The van der Waals surface area contributed by atoms with E-state index in [0.29, 0.717) is 16.4 Å². The highest BCUT2D eigenvalue weighted by Gasteiger charge is 2.13. The molecule has 1 heterocycles. The lowest BCUT2D eigenvalue weighted by Gasteiger charge is -2.10. The molecular formula is C14H15N3O2S. The molecule has 5 nitrogen and oxygen atoms in total. The van der Waals surface area contributed by atoms with Gasteiger partial charge in [0.2, 0.25) is 5.91 Å². The lowest BCUT2D eigenvalue weighted by Crippen LogP contribution is -2.14. The number of hydrogen-bond donors (Lipinski definition) is 2. The number of carbonyl (C=O) groups is 2. The van der Waals surface area contributed by atoms with E-state index < -0.39 is 5.91 Å². The van der Waals surface area contributed by atoms with E-state index in [1.165, 1.54) is 6.20 Å². The summed E-state index contributed by atoms with van der Waals surface area (Å²) in [5, 5.41) is 3.07. The van der Waals surface area contributed by atoms with Crippen molar-refractivity contribution in [2.45, 2.75) is 19.3 Å². The Morgan fingerprint density at radius 3 is 2.65 bits per heavy atom. The Hall–Kier alpha value is -2.21. The summed E-state index contributed by atoms with van der Waals surface area (Å²) in [6.45, 7) is 1.99. The maximum atomic E-state index is 11.9. The standard InChI is InChI=1S/C14H15N3O2S/c1-9(10-5-3-2-4-6-10)7-12(18)17-14-16-8-11(20-14)13(15)19/h2-6,8-9H,7H2,1H3,(H2,15,19)(H,16,17,18). The van der Waals surface area contributed by atoms with Crippen molar-refractivity contribution in [2.24, 2.45) is 5.73 Å². The number of rotatable bonds is 5. The van der Waals surface area contributed by atoms with Crippen LogP contribution in [0.5, 0.6) is 0 Å². The number of nitrogens with two attached hydrogens (primary N) is 1. The topological polar surface area (TPSA) is 85.1 Å². The number of hydrogen-bond acceptors (Lipinski definition) is 4. The highest BCUT2D eigenvalue weighted by atomic mass is 32.1. The van der Waals surface area contributed by atoms with Crippen LogP contribution in [-0.4, -0.2) is 16.8 Å². The van der Waals surface area contributed by atoms with Crippen LogP contribution in [0.25, 0.3) is 0 Å². The van der Waals surface area contributed by atoms with E-state index in [-0.39, 0.29) is 11.8 Å². The molecular weight excluding hydrogens is 274 g/mol. The average molecular weight is 289 g/mol. The molecule has 0 fully saturated rings. The van der Waals surface area contributed by atoms with Crippen molar-refractivity contribution >= 4 is 28.3 Å². The first-order valence-corrected chi connectivity index (χ1v) is 6.98. The minimum absolute atomic E-state index is 0.117. The van der Waals surface area contributed by atoms with Crippen LogP contribution >= 0.6 is 11.3 Å². The van der Waals surface area contributed by atoms with Gasteiger partial charge in [-0.3, -0.25) is 9.59 Å². The molecule has 1 aromatic heterocycles. The third kappa shape index (κ3) is 3.64. The average Bonchev–Trinajstić information content (AvgIpc) is 2.88. The number of nitrogens with one attached hydrogen (secondary N) is 1. The minimum atomic E-state index is -0.541. The molecule has 0 aliphatic heterocycles. The monoisotopic (exact) mass is 289 g/mol. The van der Waals surface area contributed by atoms with Crippen molar-refractivity contribution in [1.29, 1.82) is 0 Å². The van der Waals surface area contributed by atoms with Gasteiger partial charge in [0.15, 0.2) is 5.13 Å². The van der Waals surface area contributed by atoms with Crippen LogP contribution in [0.15, 0.2) is 36.5 Å². The van der Waals surface area contributed by atoms with E-state index in [1.54, 1.807) is 0 Å². The number of amides is 2. The van der Waals surface area contributed by atoms with Crippen molar-refractivity contribution in [2.75, 3.05) is 5.32 Å². The van der Waals surface area contributed by atoms with Gasteiger partial charge in [-0.15, -0.1) is 0 Å². The first-order chi connectivity index (χ1) is 9.56. The largest absolute Gasteiger partial charge is 0.365 e. The lowest BCUT2D eigenvalue weighted by molar-refractivity contribution is -0.116. The molecule has 2 aromatic rings. The van der Waals surface area contributed by atoms with E-state index in [4.69, 9.17) is 5.73 Å². The highest BCUT2D eigenvalue weighted by Crippen LogP contribution is 2.21. The quantitative estimate of drug-likeness (QED) is 0.886. The molecule has 2 rings (SSSR count). The van der Waals surface area contributed by atoms with Crippen LogP contribution in [0.1, 0.15) is 34.5 Å². The predicted octanol–water partition coefficient (Wildman–Crippen LogP) is 2.37. The first kappa shape index (κ1) is 14.2. The fourth-order valence-corrected chi connectivity index (χ4v) is 2.48. The molecule has 1 unspecified atom stereocenters. The molecule has 3 N–H and O–H groups in total. The highest BCUT2D eigenvalue weighted by molar-refractivity contribution is 7.17. The Labute approximate surface area is 120 Å². The van der Waals surface area contributed by atoms with Gasteiger partial charge in [-0.2, -0.15) is 0 Å². The molecule has 2 amide bonds. The Kier molecular flexibility index (Phi) is 4.47. The number of primary amides is 1. The molecule has 0 aliphatic carbocycles. The Morgan fingerprint density at radius 1 is 1.35 bits per heavy atom. The van der Waals surface area contributed by atoms with Gasteiger partial charge in [-0.1, -0.05) is 48.6 Å². The Morgan fingerprint density at radius 2 is 2.05 bits per heavy atom. The zero-order chi connectivity index (χ0) is 14.5. The molecule has 104 valence electrons. The van der Waals surface area contributed by atoms with Crippen LogP contribution in [0.2, 0.25) is 0 Å². The second-order valence-corrected chi connectivity index (χ2v) is 5.49. The molecule has 0 spiro atoms. The van der Waals surface area contributed by atoms with Crippen molar-refractivity contribution in [3.05, 3.63) is 47.0 Å². The molecule has 1 atom stereocenters. The second-order valence-electron chi connectivity index (χ2n) is 4.46. The summed E-state index contributed by atoms with van der Waals surface area (Å²) in [5.41, 5.74) is 6.24. The van der Waals surface area contributed by atoms with Gasteiger partial charge in [0.05, 0.1) is 6.20 Å². The summed E-state index contributed by atoms with van der Waals surface area (Å²) in [6.07, 6.45) is 1.72. The maximum Gasteiger partial charge on any atom is 0.260 e. The minimum Gasteiger partial charge on any atom is -0.365 e. The van der Waals surface area contributed by atoms with Crippen molar-refractivity contribution < 1.29 is 9.59 Å². The lowest BCUT2D eigenvalue weighted by atomic mass is 9.98. The smallest absolute Gasteiger partial charge is 0.260 e. The Bertz CT molecular complexity index is 610. The van der Waals surface area contributed by atoms with Crippen LogP contribution < -0.4 is 11.1 Å². The fraction of sp³-hybridized carbons (Fsp3) is 0.214. The molecule has 1 aromatic carbocycles. The predicted molar refractivity (Wildman–Crippen MR) is 78.7 cm³/mol. The molecule has 6 heteroatoms. The molecule has 0 saturated heterocycles. The van der Waals surface area contributed by atoms with Crippen molar-refractivity contribution in [1.82, 2.24) is 4.98 Å². The third-order valence-electron chi connectivity index (χ3n) is 2.86. The van der Waals surface area contributed by atoms with Gasteiger partial charge in [-0.05, 0) is 11.5 Å². The summed E-state index contributed by atoms with van der Waals surface area (Å²) in [7, 11) is 0. The van der Waals surface area contributed by atoms with E-state index >= 15 is 0 Å². The second kappa shape index (κ2) is 6.29. The summed E-state index contributed by atoms with van der Waals surface area (Å²) in [4.78, 5) is 27.1. The fourth-order valence-electron chi connectivity index (χ4n) is 1.79. The van der Waals surface area contributed by atoms with E-state index in [1.807, 2.05) is 37.3 Å². The summed E-state index contributed by atoms with van der Waals surface area (Å²) < 4.78 is 0. The zero-order valence-corrected chi connectivity index (χ0v) is 11.8. The van der Waals surface area contributed by atoms with E-state index in [0.717, 1.165) is 16.9 Å². The number of benzene rings is 1. The molecule has 20 heavy (non-hydrogen) atoms. The number of aromatic nitrogens is 1. The van der Waals surface area contributed by atoms with E-state index in [9.17, 15) is 9.59 Å². The number of nitrogens with zero attached hydrogens (tertiary/aromatic N) is 1. The van der Waals surface area contributed by atoms with Crippen molar-refractivity contribution in [3.8, 4) is 0 Å². The molecule has 0 radical (unpaired) electrons. The van der Waals surface area contributed by atoms with Gasteiger partial charge < -0.3 is 11.1 Å². The molecule has 0 bridgehead atoms. The first-order valence-electron chi connectivity index (χ1n) is 6.16. The van der Waals surface area contributed by atoms with Crippen LogP contribution in [0.3, 0.4) is 0 Å². The van der Waals surface area contributed by atoms with Gasteiger partial charge >= 0.3 is 0 Å². The summed E-state index contributed by atoms with van der Waals surface area (Å²) in [6, 6.07) is 9.82.